The highest BCUT2D eigenvalue weighted by Gasteiger charge is 2.37. The third-order valence-electron chi connectivity index (χ3n) is 3.05. The Morgan fingerprint density at radius 3 is 2.67 bits per heavy atom. The average Bonchev–Trinajstić information content (AvgIpc) is 2.35. The first kappa shape index (κ1) is 5.72. The largest absolute Gasteiger partial charge is 0.393 e. The first-order valence-electron chi connectivity index (χ1n) is 4.06. The molecule has 0 saturated heterocycles. The van der Waals surface area contributed by atoms with Gasteiger partial charge in [0.15, 0.2) is 0 Å². The predicted octanol–water partition coefficient (Wildman–Crippen LogP) is 1.56. The van der Waals surface area contributed by atoms with Crippen LogP contribution in [0.25, 0.3) is 0 Å². The zero-order valence-corrected chi connectivity index (χ0v) is 5.71. The van der Waals surface area contributed by atoms with Crippen molar-refractivity contribution in [3.63, 3.8) is 0 Å². The molecule has 2 fully saturated rings. The van der Waals surface area contributed by atoms with Crippen molar-refractivity contribution in [2.45, 2.75) is 38.2 Å². The van der Waals surface area contributed by atoms with Crippen LogP contribution in [0.3, 0.4) is 0 Å². The molecule has 0 bridgehead atoms. The van der Waals surface area contributed by atoms with Crippen LogP contribution in [0.1, 0.15) is 32.1 Å². The van der Waals surface area contributed by atoms with Crippen LogP contribution in [-0.2, 0) is 0 Å². The van der Waals surface area contributed by atoms with Crippen molar-refractivity contribution in [1.82, 2.24) is 0 Å². The monoisotopic (exact) mass is 126 g/mol. The molecule has 2 aliphatic rings. The van der Waals surface area contributed by atoms with E-state index >= 15 is 0 Å². The highest BCUT2D eigenvalue weighted by molar-refractivity contribution is 4.88. The van der Waals surface area contributed by atoms with Gasteiger partial charge in [-0.3, -0.25) is 0 Å². The van der Waals surface area contributed by atoms with Gasteiger partial charge in [-0.15, -0.1) is 0 Å². The van der Waals surface area contributed by atoms with E-state index in [-0.39, 0.29) is 6.10 Å². The molecule has 0 radical (unpaired) electrons. The van der Waals surface area contributed by atoms with Gasteiger partial charge in [0.05, 0.1) is 6.10 Å². The molecule has 0 spiro atoms. The molecule has 9 heavy (non-hydrogen) atoms. The Labute approximate surface area is 56.1 Å². The summed E-state index contributed by atoms with van der Waals surface area (Å²) in [6.45, 7) is 0. The zero-order valence-electron chi connectivity index (χ0n) is 5.71. The molecule has 0 aromatic rings. The van der Waals surface area contributed by atoms with Gasteiger partial charge in [-0.25, -0.2) is 0 Å². The molecule has 0 aromatic carbocycles. The Morgan fingerprint density at radius 1 is 1.00 bits per heavy atom. The predicted molar refractivity (Wildman–Crippen MR) is 36.1 cm³/mol. The summed E-state index contributed by atoms with van der Waals surface area (Å²) in [6, 6.07) is 0. The van der Waals surface area contributed by atoms with Crippen molar-refractivity contribution in [2.75, 3.05) is 0 Å². The summed E-state index contributed by atoms with van der Waals surface area (Å²) in [5, 5.41) is 9.40. The Kier molecular flexibility index (Phi) is 1.26. The molecule has 1 heteroatoms. The summed E-state index contributed by atoms with van der Waals surface area (Å²) >= 11 is 0. The molecule has 0 aromatic heterocycles. The van der Waals surface area contributed by atoms with E-state index in [0.717, 1.165) is 12.3 Å². The van der Waals surface area contributed by atoms with E-state index in [4.69, 9.17) is 0 Å². The highest BCUT2D eigenvalue weighted by Crippen LogP contribution is 2.43. The molecular formula is C8H14O. The van der Waals surface area contributed by atoms with E-state index in [1.54, 1.807) is 0 Å². The number of fused-ring (bicyclic) bond motifs is 1. The lowest BCUT2D eigenvalue weighted by atomic mass is 9.99. The fourth-order valence-electron chi connectivity index (χ4n) is 2.53. The Bertz CT molecular complexity index is 111. The fraction of sp³-hybridized carbons (Fsp3) is 1.00. The molecule has 1 nitrogen and oxygen atoms in total. The van der Waals surface area contributed by atoms with E-state index in [0.29, 0.717) is 5.92 Å². The third-order valence-corrected chi connectivity index (χ3v) is 3.05. The van der Waals surface area contributed by atoms with Gasteiger partial charge in [-0.2, -0.15) is 0 Å². The fourth-order valence-corrected chi connectivity index (χ4v) is 2.53. The Balaban J connectivity index is 2.07. The lowest BCUT2D eigenvalue weighted by Gasteiger charge is -2.10. The van der Waals surface area contributed by atoms with Crippen molar-refractivity contribution in [2.24, 2.45) is 11.8 Å². The molecular weight excluding hydrogens is 112 g/mol. The Hall–Kier alpha value is -0.0400. The van der Waals surface area contributed by atoms with Gasteiger partial charge in [0.25, 0.3) is 0 Å². The molecule has 0 aliphatic heterocycles. The van der Waals surface area contributed by atoms with Crippen LogP contribution < -0.4 is 0 Å². The maximum absolute atomic E-state index is 9.40. The number of rotatable bonds is 0. The molecule has 1 N–H and O–H groups in total. The average molecular weight is 126 g/mol. The van der Waals surface area contributed by atoms with Crippen LogP contribution in [0, 0.1) is 11.8 Å². The second-order valence-electron chi connectivity index (χ2n) is 3.50. The number of aliphatic hydroxyl groups is 1. The molecule has 2 rings (SSSR count). The molecule has 2 saturated carbocycles. The van der Waals surface area contributed by atoms with E-state index < -0.39 is 0 Å². The van der Waals surface area contributed by atoms with Gasteiger partial charge < -0.3 is 5.11 Å². The topological polar surface area (TPSA) is 20.2 Å². The molecule has 0 unspecified atom stereocenters. The van der Waals surface area contributed by atoms with Gasteiger partial charge in [0.2, 0.25) is 0 Å². The van der Waals surface area contributed by atoms with Gasteiger partial charge in [0, 0.05) is 0 Å². The van der Waals surface area contributed by atoms with Gasteiger partial charge in [-0.1, -0.05) is 12.8 Å². The standard InChI is InChI=1S/C8H14O/c9-8-5-4-6-2-1-3-7(6)8/h6-9H,1-5H2/t6-,7-,8+/m0/s1. The van der Waals surface area contributed by atoms with Gasteiger partial charge >= 0.3 is 0 Å². The summed E-state index contributed by atoms with van der Waals surface area (Å²) in [7, 11) is 0. The van der Waals surface area contributed by atoms with Crippen LogP contribution >= 0.6 is 0 Å². The Morgan fingerprint density at radius 2 is 1.89 bits per heavy atom. The normalized spacial score (nSPS) is 49.7. The van der Waals surface area contributed by atoms with E-state index in [9.17, 15) is 5.11 Å². The molecule has 52 valence electrons. The summed E-state index contributed by atoms with van der Waals surface area (Å²) in [4.78, 5) is 0. The quantitative estimate of drug-likeness (QED) is 0.522. The minimum Gasteiger partial charge on any atom is -0.393 e. The van der Waals surface area contributed by atoms with E-state index in [1.165, 1.54) is 25.7 Å². The lowest BCUT2D eigenvalue weighted by molar-refractivity contribution is 0.126. The van der Waals surface area contributed by atoms with Gasteiger partial charge in [-0.05, 0) is 31.1 Å². The minimum absolute atomic E-state index is 0.0671. The highest BCUT2D eigenvalue weighted by atomic mass is 16.3. The van der Waals surface area contributed by atoms with Crippen LogP contribution in [0.5, 0.6) is 0 Å². The summed E-state index contributed by atoms with van der Waals surface area (Å²) in [6.07, 6.45) is 6.50. The van der Waals surface area contributed by atoms with Crippen molar-refractivity contribution in [3.8, 4) is 0 Å². The molecule has 0 amide bonds. The second kappa shape index (κ2) is 1.98. The maximum Gasteiger partial charge on any atom is 0.0571 e. The van der Waals surface area contributed by atoms with Crippen LogP contribution in [0.4, 0.5) is 0 Å². The SMILES string of the molecule is O[C@@H]1CC[C@@H]2CCC[C@@H]21. The lowest BCUT2D eigenvalue weighted by Crippen LogP contribution is -2.13. The summed E-state index contributed by atoms with van der Waals surface area (Å²) in [5.74, 6) is 1.60. The van der Waals surface area contributed by atoms with Crippen LogP contribution in [0.15, 0.2) is 0 Å². The van der Waals surface area contributed by atoms with Crippen molar-refractivity contribution < 1.29 is 5.11 Å². The van der Waals surface area contributed by atoms with E-state index in [1.807, 2.05) is 0 Å². The smallest absolute Gasteiger partial charge is 0.0571 e. The molecule has 2 aliphatic carbocycles. The first-order chi connectivity index (χ1) is 4.38. The maximum atomic E-state index is 9.40. The second-order valence-corrected chi connectivity index (χ2v) is 3.50. The zero-order chi connectivity index (χ0) is 6.27. The first-order valence-corrected chi connectivity index (χ1v) is 4.06. The minimum atomic E-state index is 0.0671. The number of hydrogen-bond acceptors (Lipinski definition) is 1. The summed E-state index contributed by atoms with van der Waals surface area (Å²) in [5.41, 5.74) is 0. The number of aliphatic hydroxyl groups excluding tert-OH is 1. The number of hydrogen-bond donors (Lipinski definition) is 1. The van der Waals surface area contributed by atoms with Crippen LogP contribution in [-0.4, -0.2) is 11.2 Å². The molecule has 3 atom stereocenters. The van der Waals surface area contributed by atoms with Crippen molar-refractivity contribution in [3.05, 3.63) is 0 Å². The third kappa shape index (κ3) is 0.787. The molecule has 0 heterocycles. The van der Waals surface area contributed by atoms with Crippen molar-refractivity contribution in [1.29, 1.82) is 0 Å². The van der Waals surface area contributed by atoms with Crippen LogP contribution in [0.2, 0.25) is 0 Å². The van der Waals surface area contributed by atoms with Crippen molar-refractivity contribution >= 4 is 0 Å². The summed E-state index contributed by atoms with van der Waals surface area (Å²) < 4.78 is 0. The van der Waals surface area contributed by atoms with E-state index in [2.05, 4.69) is 0 Å². The van der Waals surface area contributed by atoms with Gasteiger partial charge in [0.1, 0.15) is 0 Å².